The summed E-state index contributed by atoms with van der Waals surface area (Å²) in [7, 11) is 0. The molecular weight excluding hydrogens is 370 g/mol. The van der Waals surface area contributed by atoms with E-state index < -0.39 is 0 Å². The van der Waals surface area contributed by atoms with Gasteiger partial charge in [0.25, 0.3) is 0 Å². The second-order valence-electron chi connectivity index (χ2n) is 6.41. The van der Waals surface area contributed by atoms with Crippen LogP contribution in [-0.4, -0.2) is 4.57 Å². The third kappa shape index (κ3) is 4.02. The van der Waals surface area contributed by atoms with Crippen molar-refractivity contribution in [3.63, 3.8) is 0 Å². The molecular formula is C24H18ClNS. The first-order valence-electron chi connectivity index (χ1n) is 8.81. The average Bonchev–Trinajstić information content (AvgIpc) is 2.72. The average molecular weight is 388 g/mol. The fraction of sp³-hybridized carbons (Fsp3) is 0.0417. The molecule has 0 N–H and O–H groups in total. The summed E-state index contributed by atoms with van der Waals surface area (Å²) in [6.07, 6.45) is 0. The largest absolute Gasteiger partial charge is 0.328 e. The number of aromatic nitrogens is 1. The zero-order chi connectivity index (χ0) is 18.6. The molecule has 0 aliphatic heterocycles. The molecule has 0 aliphatic rings. The first kappa shape index (κ1) is 17.7. The minimum absolute atomic E-state index is 0.704. The predicted octanol–water partition coefficient (Wildman–Crippen LogP) is 7.25. The van der Waals surface area contributed by atoms with Crippen molar-refractivity contribution in [2.75, 3.05) is 0 Å². The minimum atomic E-state index is 0.704. The predicted molar refractivity (Wildman–Crippen MR) is 117 cm³/mol. The smallest absolute Gasteiger partial charge is 0.107 e. The van der Waals surface area contributed by atoms with Crippen molar-refractivity contribution in [1.29, 1.82) is 0 Å². The Bertz CT molecular complexity index is 1100. The summed E-state index contributed by atoms with van der Waals surface area (Å²) in [5.41, 5.74) is 5.72. The molecule has 3 heteroatoms. The quantitative estimate of drug-likeness (QED) is 0.334. The molecule has 1 nitrogen and oxygen atoms in total. The summed E-state index contributed by atoms with van der Waals surface area (Å²) in [5, 5.41) is 0.741. The van der Waals surface area contributed by atoms with E-state index in [1.807, 2.05) is 36.4 Å². The molecule has 0 saturated carbocycles. The van der Waals surface area contributed by atoms with Gasteiger partial charge >= 0.3 is 0 Å². The SMILES string of the molecule is S=c1cc(-c2ccccc2)cc(-c2ccccc2)n1Cc1ccc(Cl)cc1. The van der Waals surface area contributed by atoms with Crippen molar-refractivity contribution >= 4 is 23.8 Å². The Hall–Kier alpha value is -2.68. The minimum Gasteiger partial charge on any atom is -0.328 e. The van der Waals surface area contributed by atoms with Crippen molar-refractivity contribution in [3.05, 3.63) is 112 Å². The first-order valence-corrected chi connectivity index (χ1v) is 9.59. The Labute approximate surface area is 169 Å². The van der Waals surface area contributed by atoms with Crippen molar-refractivity contribution in [1.82, 2.24) is 4.57 Å². The maximum atomic E-state index is 6.03. The topological polar surface area (TPSA) is 4.93 Å². The van der Waals surface area contributed by atoms with Crippen LogP contribution in [-0.2, 0) is 6.54 Å². The highest BCUT2D eigenvalue weighted by Gasteiger charge is 2.09. The van der Waals surface area contributed by atoms with Gasteiger partial charge < -0.3 is 4.57 Å². The van der Waals surface area contributed by atoms with Crippen LogP contribution in [0.4, 0.5) is 0 Å². The van der Waals surface area contributed by atoms with Crippen molar-refractivity contribution in [2.24, 2.45) is 0 Å². The number of halogens is 1. The van der Waals surface area contributed by atoms with E-state index in [1.165, 1.54) is 11.1 Å². The molecule has 0 fully saturated rings. The van der Waals surface area contributed by atoms with Crippen LogP contribution in [0.15, 0.2) is 97.1 Å². The molecule has 27 heavy (non-hydrogen) atoms. The van der Waals surface area contributed by atoms with E-state index in [1.54, 1.807) is 0 Å². The third-order valence-electron chi connectivity index (χ3n) is 4.56. The van der Waals surface area contributed by atoms with Gasteiger partial charge in [0.1, 0.15) is 4.64 Å². The number of pyridine rings is 1. The Balaban J connectivity index is 1.87. The standard InChI is InChI=1S/C24H18ClNS/c25-22-13-11-18(12-14-22)17-26-23(20-9-5-2-6-10-20)15-21(16-24(26)27)19-7-3-1-4-8-19/h1-16H,17H2. The van der Waals surface area contributed by atoms with E-state index in [9.17, 15) is 0 Å². The van der Waals surface area contributed by atoms with Crippen LogP contribution < -0.4 is 0 Å². The third-order valence-corrected chi connectivity index (χ3v) is 5.15. The van der Waals surface area contributed by atoms with Crippen LogP contribution >= 0.6 is 23.8 Å². The lowest BCUT2D eigenvalue weighted by Crippen LogP contribution is -2.06. The van der Waals surface area contributed by atoms with Crippen molar-refractivity contribution in [2.45, 2.75) is 6.54 Å². The van der Waals surface area contributed by atoms with Gasteiger partial charge in [0.05, 0.1) is 0 Å². The molecule has 1 aromatic heterocycles. The zero-order valence-corrected chi connectivity index (χ0v) is 16.3. The number of hydrogen-bond acceptors (Lipinski definition) is 1. The normalized spacial score (nSPS) is 10.7. The highest BCUT2D eigenvalue weighted by Crippen LogP contribution is 2.28. The Morgan fingerprint density at radius 3 is 1.89 bits per heavy atom. The molecule has 1 heterocycles. The van der Waals surface area contributed by atoms with Crippen molar-refractivity contribution in [3.8, 4) is 22.4 Å². The van der Waals surface area contributed by atoms with Crippen LogP contribution in [0.1, 0.15) is 5.56 Å². The van der Waals surface area contributed by atoms with Crippen LogP contribution in [0.2, 0.25) is 5.02 Å². The number of rotatable bonds is 4. The van der Waals surface area contributed by atoms with Gasteiger partial charge in [0, 0.05) is 17.3 Å². The molecule has 132 valence electrons. The van der Waals surface area contributed by atoms with Gasteiger partial charge in [-0.05, 0) is 46.5 Å². The summed E-state index contributed by atoms with van der Waals surface area (Å²) in [6, 6.07) is 33.0. The second-order valence-corrected chi connectivity index (χ2v) is 7.27. The van der Waals surface area contributed by atoms with E-state index in [2.05, 4.69) is 65.2 Å². The molecule has 0 aliphatic carbocycles. The Kier molecular flexibility index (Phi) is 5.19. The van der Waals surface area contributed by atoms with E-state index >= 15 is 0 Å². The maximum Gasteiger partial charge on any atom is 0.107 e. The van der Waals surface area contributed by atoms with Crippen LogP contribution in [0, 0.1) is 4.64 Å². The van der Waals surface area contributed by atoms with Gasteiger partial charge in [-0.3, -0.25) is 0 Å². The highest BCUT2D eigenvalue weighted by molar-refractivity contribution is 7.71. The van der Waals surface area contributed by atoms with Crippen molar-refractivity contribution < 1.29 is 0 Å². The molecule has 4 rings (SSSR count). The molecule has 0 unspecified atom stereocenters. The lowest BCUT2D eigenvalue weighted by atomic mass is 10.0. The molecule has 0 atom stereocenters. The molecule has 3 aromatic carbocycles. The van der Waals surface area contributed by atoms with Gasteiger partial charge in [-0.15, -0.1) is 0 Å². The lowest BCUT2D eigenvalue weighted by molar-refractivity contribution is 0.788. The maximum absolute atomic E-state index is 6.03. The van der Waals surface area contributed by atoms with Gasteiger partial charge in [-0.2, -0.15) is 0 Å². The van der Waals surface area contributed by atoms with Gasteiger partial charge in [-0.1, -0.05) is 96.6 Å². The Morgan fingerprint density at radius 2 is 1.26 bits per heavy atom. The number of hydrogen-bond donors (Lipinski definition) is 0. The first-order chi connectivity index (χ1) is 13.2. The number of benzene rings is 3. The monoisotopic (exact) mass is 387 g/mol. The van der Waals surface area contributed by atoms with E-state index in [-0.39, 0.29) is 0 Å². The molecule has 0 bridgehead atoms. The Morgan fingerprint density at radius 1 is 0.667 bits per heavy atom. The molecule has 0 radical (unpaired) electrons. The van der Waals surface area contributed by atoms with Crippen LogP contribution in [0.25, 0.3) is 22.4 Å². The summed E-state index contributed by atoms with van der Waals surface area (Å²) < 4.78 is 2.99. The van der Waals surface area contributed by atoms with Gasteiger partial charge in [0.2, 0.25) is 0 Å². The molecule has 0 amide bonds. The van der Waals surface area contributed by atoms with E-state index in [0.717, 1.165) is 26.5 Å². The van der Waals surface area contributed by atoms with Gasteiger partial charge in [-0.25, -0.2) is 0 Å². The summed E-state index contributed by atoms with van der Waals surface area (Å²) >= 11 is 11.8. The van der Waals surface area contributed by atoms with E-state index in [4.69, 9.17) is 23.8 Å². The molecule has 4 aromatic rings. The zero-order valence-electron chi connectivity index (χ0n) is 14.7. The fourth-order valence-electron chi connectivity index (χ4n) is 3.18. The van der Waals surface area contributed by atoms with Crippen LogP contribution in [0.3, 0.4) is 0 Å². The van der Waals surface area contributed by atoms with Crippen LogP contribution in [0.5, 0.6) is 0 Å². The number of nitrogens with zero attached hydrogens (tertiary/aromatic N) is 1. The molecule has 0 spiro atoms. The van der Waals surface area contributed by atoms with E-state index in [0.29, 0.717) is 6.54 Å². The second kappa shape index (κ2) is 7.91. The summed E-state index contributed by atoms with van der Waals surface area (Å²) in [6.45, 7) is 0.704. The van der Waals surface area contributed by atoms with Gasteiger partial charge in [0.15, 0.2) is 0 Å². The summed E-state index contributed by atoms with van der Waals surface area (Å²) in [5.74, 6) is 0. The highest BCUT2D eigenvalue weighted by atomic mass is 35.5. The lowest BCUT2D eigenvalue weighted by Gasteiger charge is -2.17. The fourth-order valence-corrected chi connectivity index (χ4v) is 3.59. The molecule has 0 saturated heterocycles. The summed E-state index contributed by atoms with van der Waals surface area (Å²) in [4.78, 5) is 0.